The number of benzene rings is 2. The summed E-state index contributed by atoms with van der Waals surface area (Å²) < 4.78 is 46.6. The Morgan fingerprint density at radius 2 is 1.59 bits per heavy atom. The number of carbonyl (C=O) groups is 1. The maximum absolute atomic E-state index is 13.9. The Balaban J connectivity index is 2.34. The van der Waals surface area contributed by atoms with Crippen LogP contribution in [0.25, 0.3) is 0 Å². The molecule has 2 aromatic carbocycles. The Bertz CT molecular complexity index is 791. The fourth-order valence-electron chi connectivity index (χ4n) is 2.81. The normalized spacial score (nSPS) is 14.3. The van der Waals surface area contributed by atoms with Crippen molar-refractivity contribution in [1.82, 2.24) is 5.32 Å². The molecular formula is C20H23F3N2O2. The molecule has 7 heteroatoms. The van der Waals surface area contributed by atoms with E-state index in [0.717, 1.165) is 11.6 Å². The molecule has 4 nitrogen and oxygen atoms in total. The van der Waals surface area contributed by atoms with Crippen molar-refractivity contribution < 1.29 is 22.7 Å². The lowest BCUT2D eigenvalue weighted by Crippen LogP contribution is -2.61. The number of methoxy groups -OCH3 is 1. The van der Waals surface area contributed by atoms with Gasteiger partial charge in [0.15, 0.2) is 0 Å². The number of para-hydroxylation sites is 1. The van der Waals surface area contributed by atoms with E-state index in [1.165, 1.54) is 25.3 Å². The molecule has 3 N–H and O–H groups in total. The maximum atomic E-state index is 13.9. The van der Waals surface area contributed by atoms with Crippen molar-refractivity contribution >= 4 is 5.91 Å². The highest BCUT2D eigenvalue weighted by Gasteiger charge is 2.60. The second-order valence-corrected chi connectivity index (χ2v) is 6.94. The summed E-state index contributed by atoms with van der Waals surface area (Å²) in [4.78, 5) is 12.6. The van der Waals surface area contributed by atoms with Crippen molar-refractivity contribution in [2.24, 2.45) is 5.73 Å². The number of rotatable bonds is 6. The quantitative estimate of drug-likeness (QED) is 0.806. The average Bonchev–Trinajstić information content (AvgIpc) is 2.65. The van der Waals surface area contributed by atoms with Gasteiger partial charge >= 0.3 is 6.18 Å². The van der Waals surface area contributed by atoms with E-state index in [1.54, 1.807) is 0 Å². The minimum atomic E-state index is -5.01. The van der Waals surface area contributed by atoms with Gasteiger partial charge in [-0.2, -0.15) is 13.2 Å². The predicted octanol–water partition coefficient (Wildman–Crippen LogP) is 3.51. The van der Waals surface area contributed by atoms with Crippen LogP contribution in [-0.4, -0.2) is 25.7 Å². The Kier molecular flexibility index (Phi) is 5.85. The summed E-state index contributed by atoms with van der Waals surface area (Å²) in [6.45, 7) is 3.65. The first kappa shape index (κ1) is 20.8. The van der Waals surface area contributed by atoms with Crippen LogP contribution in [0.3, 0.4) is 0 Å². The molecule has 0 aliphatic carbocycles. The van der Waals surface area contributed by atoms with Crippen LogP contribution in [0.2, 0.25) is 0 Å². The maximum Gasteiger partial charge on any atom is 0.419 e. The number of amides is 1. The Labute approximate surface area is 156 Å². The molecule has 2 rings (SSSR count). The zero-order valence-corrected chi connectivity index (χ0v) is 15.4. The fraction of sp³-hybridized carbons (Fsp3) is 0.350. The summed E-state index contributed by atoms with van der Waals surface area (Å²) in [5.74, 6) is -1.43. The molecule has 0 bridgehead atoms. The largest absolute Gasteiger partial charge is 0.496 e. The molecule has 0 heterocycles. The molecule has 0 saturated heterocycles. The van der Waals surface area contributed by atoms with Gasteiger partial charge in [0, 0.05) is 17.5 Å². The summed E-state index contributed by atoms with van der Waals surface area (Å²) >= 11 is 0. The summed E-state index contributed by atoms with van der Waals surface area (Å²) in [5.41, 5.74) is 2.31. The third kappa shape index (κ3) is 4.08. The predicted molar refractivity (Wildman–Crippen MR) is 97.4 cm³/mol. The standard InChI is InChI=1S/C20H23F3N2O2/c1-18(2,14-9-5-4-6-10-14)13-25-17(26)19(24,20(21,22)23)15-11-7-8-12-16(15)27-3/h4-12H,13,24H2,1-3H3,(H,25,26)/t19-/m0/s1. The minimum absolute atomic E-state index is 0.0139. The molecule has 146 valence electrons. The molecule has 0 aromatic heterocycles. The Hall–Kier alpha value is -2.54. The van der Waals surface area contributed by atoms with Gasteiger partial charge in [0.05, 0.1) is 7.11 Å². The van der Waals surface area contributed by atoms with Crippen LogP contribution in [0, 0.1) is 0 Å². The monoisotopic (exact) mass is 380 g/mol. The van der Waals surface area contributed by atoms with Crippen molar-refractivity contribution in [3.05, 3.63) is 65.7 Å². The molecule has 27 heavy (non-hydrogen) atoms. The van der Waals surface area contributed by atoms with Gasteiger partial charge in [-0.15, -0.1) is 0 Å². The lowest BCUT2D eigenvalue weighted by atomic mass is 9.83. The van der Waals surface area contributed by atoms with Crippen LogP contribution in [0.15, 0.2) is 54.6 Å². The SMILES string of the molecule is COc1ccccc1[C@](N)(C(=O)NCC(C)(C)c1ccccc1)C(F)(F)F. The van der Waals surface area contributed by atoms with Crippen LogP contribution >= 0.6 is 0 Å². The van der Waals surface area contributed by atoms with Crippen molar-refractivity contribution in [2.45, 2.75) is 31.0 Å². The van der Waals surface area contributed by atoms with E-state index in [9.17, 15) is 18.0 Å². The van der Waals surface area contributed by atoms with E-state index in [4.69, 9.17) is 10.5 Å². The fourth-order valence-corrected chi connectivity index (χ4v) is 2.81. The highest BCUT2D eigenvalue weighted by atomic mass is 19.4. The van der Waals surface area contributed by atoms with Gasteiger partial charge in [-0.3, -0.25) is 4.79 Å². The first-order valence-corrected chi connectivity index (χ1v) is 8.37. The molecule has 0 aliphatic rings. The van der Waals surface area contributed by atoms with Crippen LogP contribution in [0.1, 0.15) is 25.0 Å². The summed E-state index contributed by atoms with van der Waals surface area (Å²) in [6.07, 6.45) is -5.01. The number of ether oxygens (including phenoxy) is 1. The Morgan fingerprint density at radius 3 is 2.15 bits per heavy atom. The van der Waals surface area contributed by atoms with Crippen LogP contribution in [0.4, 0.5) is 13.2 Å². The zero-order valence-electron chi connectivity index (χ0n) is 15.4. The number of hydrogen-bond acceptors (Lipinski definition) is 3. The molecule has 0 spiro atoms. The number of nitrogens with two attached hydrogens (primary N) is 1. The lowest BCUT2D eigenvalue weighted by Gasteiger charge is -2.34. The van der Waals surface area contributed by atoms with Crippen molar-refractivity contribution in [2.75, 3.05) is 13.7 Å². The van der Waals surface area contributed by atoms with Gasteiger partial charge in [-0.25, -0.2) is 0 Å². The van der Waals surface area contributed by atoms with E-state index in [-0.39, 0.29) is 12.3 Å². The minimum Gasteiger partial charge on any atom is -0.496 e. The van der Waals surface area contributed by atoms with Crippen LogP contribution in [0.5, 0.6) is 5.75 Å². The molecule has 0 unspecified atom stereocenters. The summed E-state index contributed by atoms with van der Waals surface area (Å²) in [7, 11) is 1.23. The van der Waals surface area contributed by atoms with Gasteiger partial charge < -0.3 is 15.8 Å². The van der Waals surface area contributed by atoms with E-state index >= 15 is 0 Å². The second-order valence-electron chi connectivity index (χ2n) is 6.94. The lowest BCUT2D eigenvalue weighted by molar-refractivity contribution is -0.194. The molecule has 2 aromatic rings. The molecular weight excluding hydrogens is 357 g/mol. The van der Waals surface area contributed by atoms with E-state index < -0.39 is 28.6 Å². The smallest absolute Gasteiger partial charge is 0.419 e. The van der Waals surface area contributed by atoms with Gasteiger partial charge in [0.1, 0.15) is 5.75 Å². The van der Waals surface area contributed by atoms with Crippen molar-refractivity contribution in [3.8, 4) is 5.75 Å². The molecule has 1 atom stereocenters. The second kappa shape index (κ2) is 7.60. The zero-order chi connectivity index (χ0) is 20.3. The first-order chi connectivity index (χ1) is 12.5. The van der Waals surface area contributed by atoms with Crippen LogP contribution in [-0.2, 0) is 15.7 Å². The van der Waals surface area contributed by atoms with Gasteiger partial charge in [-0.05, 0) is 11.6 Å². The number of hydrogen-bond donors (Lipinski definition) is 2. The van der Waals surface area contributed by atoms with Crippen LogP contribution < -0.4 is 15.8 Å². The van der Waals surface area contributed by atoms with E-state index in [2.05, 4.69) is 5.32 Å². The van der Waals surface area contributed by atoms with Gasteiger partial charge in [0.2, 0.25) is 5.54 Å². The third-order valence-corrected chi connectivity index (χ3v) is 4.58. The molecule has 0 radical (unpaired) electrons. The van der Waals surface area contributed by atoms with E-state index in [1.807, 2.05) is 44.2 Å². The molecule has 1 amide bonds. The molecule has 0 saturated carbocycles. The highest BCUT2D eigenvalue weighted by molar-refractivity contribution is 5.89. The molecule has 0 aliphatic heterocycles. The summed E-state index contributed by atoms with van der Waals surface area (Å²) in [6, 6.07) is 14.6. The third-order valence-electron chi connectivity index (χ3n) is 4.58. The number of carbonyl (C=O) groups excluding carboxylic acids is 1. The summed E-state index contributed by atoms with van der Waals surface area (Å²) in [5, 5.41) is 2.38. The average molecular weight is 380 g/mol. The topological polar surface area (TPSA) is 64.3 Å². The number of alkyl halides is 3. The van der Waals surface area contributed by atoms with Gasteiger partial charge in [0.25, 0.3) is 5.91 Å². The Morgan fingerprint density at radius 1 is 1.04 bits per heavy atom. The van der Waals surface area contributed by atoms with E-state index in [0.29, 0.717) is 0 Å². The first-order valence-electron chi connectivity index (χ1n) is 8.37. The number of nitrogens with one attached hydrogen (secondary N) is 1. The highest BCUT2D eigenvalue weighted by Crippen LogP contribution is 2.41. The molecule has 0 fully saturated rings. The van der Waals surface area contributed by atoms with Crippen molar-refractivity contribution in [3.63, 3.8) is 0 Å². The van der Waals surface area contributed by atoms with Gasteiger partial charge in [-0.1, -0.05) is 62.4 Å². The number of halogens is 3. The van der Waals surface area contributed by atoms with Crippen molar-refractivity contribution in [1.29, 1.82) is 0 Å².